The number of hydrogen-bond acceptors (Lipinski definition) is 7. The molecule has 5 rings (SSSR count). The third-order valence-corrected chi connectivity index (χ3v) is 7.77. The van der Waals surface area contributed by atoms with Crippen LogP contribution in [0.2, 0.25) is 5.02 Å². The van der Waals surface area contributed by atoms with E-state index in [0.717, 1.165) is 45.7 Å². The maximum absolute atomic E-state index is 11.3. The van der Waals surface area contributed by atoms with Gasteiger partial charge in [-0.25, -0.2) is 18.4 Å². The minimum Gasteiger partial charge on any atom is -0.487 e. The van der Waals surface area contributed by atoms with E-state index in [1.807, 2.05) is 60.7 Å². The molecule has 0 radical (unpaired) electrons. The van der Waals surface area contributed by atoms with Crippen LogP contribution >= 0.6 is 11.6 Å². The van der Waals surface area contributed by atoms with Crippen LogP contribution in [0.3, 0.4) is 0 Å². The number of ether oxygens (including phenoxy) is 1. The lowest BCUT2D eigenvalue weighted by atomic mass is 10.1. The van der Waals surface area contributed by atoms with E-state index in [2.05, 4.69) is 34.3 Å². The molecule has 3 aromatic carbocycles. The summed E-state index contributed by atoms with van der Waals surface area (Å²) in [5.74, 6) is 2.99. The molecule has 0 fully saturated rings. The Kier molecular flexibility index (Phi) is 9.68. The molecule has 0 aliphatic rings. The first-order valence-electron chi connectivity index (χ1n) is 13.0. The van der Waals surface area contributed by atoms with Crippen molar-refractivity contribution in [3.05, 3.63) is 101 Å². The van der Waals surface area contributed by atoms with Crippen molar-refractivity contribution in [1.82, 2.24) is 9.97 Å². The van der Waals surface area contributed by atoms with Crippen LogP contribution in [0.15, 0.2) is 83.5 Å². The van der Waals surface area contributed by atoms with Crippen LogP contribution in [0.5, 0.6) is 5.75 Å². The largest absolute Gasteiger partial charge is 0.487 e. The van der Waals surface area contributed by atoms with Crippen molar-refractivity contribution < 1.29 is 17.6 Å². The van der Waals surface area contributed by atoms with E-state index < -0.39 is 9.84 Å². The Bertz CT molecular complexity index is 1750. The first kappa shape index (κ1) is 30.1. The number of hydrogen-bond donors (Lipinski definition) is 1. The second-order valence-electron chi connectivity index (χ2n) is 9.86. The fourth-order valence-electron chi connectivity index (χ4n) is 4.44. The Morgan fingerprint density at radius 1 is 0.976 bits per heavy atom. The highest BCUT2D eigenvalue weighted by Crippen LogP contribution is 2.33. The summed E-state index contributed by atoms with van der Waals surface area (Å²) in [6, 6.07) is 23.5. The number of rotatable bonds is 11. The molecule has 41 heavy (non-hydrogen) atoms. The van der Waals surface area contributed by atoms with Gasteiger partial charge in [-0.2, -0.15) is 0 Å². The first-order chi connectivity index (χ1) is 19.2. The molecule has 1 N–H and O–H groups in total. The van der Waals surface area contributed by atoms with Crippen molar-refractivity contribution in [3.8, 4) is 17.1 Å². The number of aryl methyl sites for hydroxylation is 2. The van der Waals surface area contributed by atoms with Gasteiger partial charge in [-0.15, -0.1) is 0 Å². The summed E-state index contributed by atoms with van der Waals surface area (Å²) in [6.07, 6.45) is 4.83. The van der Waals surface area contributed by atoms with Gasteiger partial charge in [0.15, 0.2) is 0 Å². The minimum absolute atomic E-state index is 0. The second-order valence-corrected chi connectivity index (χ2v) is 12.5. The third kappa shape index (κ3) is 8.08. The van der Waals surface area contributed by atoms with Crippen LogP contribution < -0.4 is 10.1 Å². The van der Waals surface area contributed by atoms with Gasteiger partial charge in [0, 0.05) is 35.1 Å². The van der Waals surface area contributed by atoms with Gasteiger partial charge in [-0.05, 0) is 73.9 Å². The number of aromatic nitrogens is 2. The van der Waals surface area contributed by atoms with Crippen LogP contribution in [-0.2, 0) is 22.9 Å². The highest BCUT2D eigenvalue weighted by atomic mass is 35.5. The lowest BCUT2D eigenvalue weighted by molar-refractivity contribution is 0.306. The maximum atomic E-state index is 11.3. The lowest BCUT2D eigenvalue weighted by Gasteiger charge is -2.12. The van der Waals surface area contributed by atoms with E-state index in [4.69, 9.17) is 20.8 Å². The Morgan fingerprint density at radius 2 is 1.83 bits per heavy atom. The van der Waals surface area contributed by atoms with Crippen molar-refractivity contribution in [2.75, 3.05) is 17.3 Å². The number of furan rings is 1. The molecule has 0 spiro atoms. The number of sulfone groups is 1. The van der Waals surface area contributed by atoms with E-state index in [-0.39, 0.29) is 13.2 Å². The summed E-state index contributed by atoms with van der Waals surface area (Å²) in [5.41, 5.74) is 4.72. The van der Waals surface area contributed by atoms with Crippen LogP contribution in [0.4, 0.5) is 11.5 Å². The highest BCUT2D eigenvalue weighted by molar-refractivity contribution is 7.90. The second kappa shape index (κ2) is 13.2. The molecule has 0 unspecified atom stereocenters. The summed E-state index contributed by atoms with van der Waals surface area (Å²) in [6.45, 7) is 2.48. The molecule has 2 aromatic heterocycles. The monoisotopic (exact) mass is 591 g/mol. The fraction of sp³-hybridized carbons (Fsp3) is 0.250. The molecule has 7 nitrogen and oxygen atoms in total. The Labute approximate surface area is 246 Å². The summed E-state index contributed by atoms with van der Waals surface area (Å²) in [4.78, 5) is 8.88. The summed E-state index contributed by atoms with van der Waals surface area (Å²) >= 11 is 6.55. The van der Waals surface area contributed by atoms with Gasteiger partial charge in [0.2, 0.25) is 0 Å². The molecule has 0 amide bonds. The summed E-state index contributed by atoms with van der Waals surface area (Å²) in [5, 5.41) is 4.69. The predicted octanol–water partition coefficient (Wildman–Crippen LogP) is 8.18. The number of benzene rings is 3. The zero-order valence-electron chi connectivity index (χ0n) is 22.4. The van der Waals surface area contributed by atoms with E-state index in [9.17, 15) is 8.42 Å². The minimum atomic E-state index is -2.95. The van der Waals surface area contributed by atoms with Gasteiger partial charge in [0.1, 0.15) is 45.9 Å². The SMILES string of the molecule is C.Cc1cccc(COc2ccc(Nc3ncnc4ccc(-c5ccc(CCCCS(C)(=O)=O)o5)cc34)cc2Cl)c1. The van der Waals surface area contributed by atoms with Gasteiger partial charge in [0.05, 0.1) is 10.5 Å². The average molecular weight is 592 g/mol. The maximum Gasteiger partial charge on any atom is 0.147 e. The highest BCUT2D eigenvalue weighted by Gasteiger charge is 2.11. The van der Waals surface area contributed by atoms with E-state index in [1.54, 1.807) is 0 Å². The Balaban J connectivity index is 0.00000387. The number of nitrogens with zero attached hydrogens (tertiary/aromatic N) is 2. The topological polar surface area (TPSA) is 94.3 Å². The molecular formula is C32H34ClN3O4S. The molecule has 0 aliphatic carbocycles. The van der Waals surface area contributed by atoms with Gasteiger partial charge in [-0.3, -0.25) is 0 Å². The van der Waals surface area contributed by atoms with Crippen molar-refractivity contribution in [1.29, 1.82) is 0 Å². The molecule has 214 valence electrons. The normalized spacial score (nSPS) is 11.3. The molecule has 0 aliphatic heterocycles. The van der Waals surface area contributed by atoms with Crippen LogP contribution in [0.1, 0.15) is 37.2 Å². The fourth-order valence-corrected chi connectivity index (χ4v) is 5.40. The molecule has 0 saturated heterocycles. The van der Waals surface area contributed by atoms with Crippen LogP contribution in [-0.4, -0.2) is 30.4 Å². The standard InChI is InChI=1S/C31H30ClN3O4S.CH4/c1-21-6-5-7-22(16-21)19-38-30-13-10-24(18-27(30)32)35-31-26-17-23(9-12-28(26)33-20-34-31)29-14-11-25(39-29)8-3-4-15-40(2,36)37;/h5-7,9-14,16-18,20H,3-4,8,15,19H2,1-2H3,(H,33,34,35);1H4. The van der Waals surface area contributed by atoms with Crippen molar-refractivity contribution in [3.63, 3.8) is 0 Å². The molecule has 0 atom stereocenters. The van der Waals surface area contributed by atoms with Crippen molar-refractivity contribution in [2.24, 2.45) is 0 Å². The van der Waals surface area contributed by atoms with Crippen molar-refractivity contribution in [2.45, 2.75) is 40.2 Å². The van der Waals surface area contributed by atoms with Crippen LogP contribution in [0.25, 0.3) is 22.2 Å². The number of halogens is 1. The summed E-state index contributed by atoms with van der Waals surface area (Å²) in [7, 11) is -2.95. The number of unbranched alkanes of at least 4 members (excludes halogenated alkanes) is 1. The van der Waals surface area contributed by atoms with E-state index >= 15 is 0 Å². The van der Waals surface area contributed by atoms with E-state index in [1.165, 1.54) is 18.1 Å². The first-order valence-corrected chi connectivity index (χ1v) is 15.4. The molecule has 5 aromatic rings. The number of nitrogens with one attached hydrogen (secondary N) is 1. The zero-order valence-corrected chi connectivity index (χ0v) is 23.9. The molecule has 0 bridgehead atoms. The Hall–Kier alpha value is -3.88. The van der Waals surface area contributed by atoms with E-state index in [0.29, 0.717) is 36.0 Å². The average Bonchev–Trinajstić information content (AvgIpc) is 3.39. The van der Waals surface area contributed by atoms with Crippen molar-refractivity contribution >= 4 is 43.8 Å². The molecule has 0 saturated carbocycles. The van der Waals surface area contributed by atoms with Gasteiger partial charge >= 0.3 is 0 Å². The lowest BCUT2D eigenvalue weighted by Crippen LogP contribution is -2.02. The Morgan fingerprint density at radius 3 is 2.61 bits per heavy atom. The van der Waals surface area contributed by atoms with Gasteiger partial charge < -0.3 is 14.5 Å². The number of fused-ring (bicyclic) bond motifs is 1. The van der Waals surface area contributed by atoms with Gasteiger partial charge in [-0.1, -0.05) is 48.9 Å². The van der Waals surface area contributed by atoms with Crippen LogP contribution in [0, 0.1) is 6.92 Å². The summed E-state index contributed by atoms with van der Waals surface area (Å²) < 4.78 is 34.7. The quantitative estimate of drug-likeness (QED) is 0.155. The van der Waals surface area contributed by atoms with Gasteiger partial charge in [0.25, 0.3) is 0 Å². The third-order valence-electron chi connectivity index (χ3n) is 6.44. The molecule has 2 heterocycles. The number of anilines is 2. The molecular weight excluding hydrogens is 558 g/mol. The zero-order chi connectivity index (χ0) is 28.1. The predicted molar refractivity (Wildman–Crippen MR) is 167 cm³/mol. The molecule has 9 heteroatoms. The smallest absolute Gasteiger partial charge is 0.147 e.